The van der Waals surface area contributed by atoms with E-state index >= 15 is 0 Å². The van der Waals surface area contributed by atoms with Crippen molar-refractivity contribution in [3.63, 3.8) is 0 Å². The van der Waals surface area contributed by atoms with E-state index in [1.165, 1.54) is 11.1 Å². The second-order valence-electron chi connectivity index (χ2n) is 6.70. The molecule has 0 saturated carbocycles. The Morgan fingerprint density at radius 2 is 1.88 bits per heavy atom. The first kappa shape index (κ1) is 17.3. The summed E-state index contributed by atoms with van der Waals surface area (Å²) in [6, 6.07) is 7.85. The van der Waals surface area contributed by atoms with Crippen LogP contribution in [0, 0.1) is 5.92 Å². The third-order valence-electron chi connectivity index (χ3n) is 5.17. The van der Waals surface area contributed by atoms with E-state index < -0.39 is 0 Å². The molecule has 1 saturated heterocycles. The Morgan fingerprint density at radius 1 is 1.21 bits per heavy atom. The molecule has 4 nitrogen and oxygen atoms in total. The van der Waals surface area contributed by atoms with Crippen LogP contribution in [0.3, 0.4) is 0 Å². The Labute approximate surface area is 148 Å². The van der Waals surface area contributed by atoms with Crippen molar-refractivity contribution in [2.24, 2.45) is 5.92 Å². The van der Waals surface area contributed by atoms with Crippen LogP contribution in [0.5, 0.6) is 0 Å². The maximum absolute atomic E-state index is 13.1. The fourth-order valence-electron chi connectivity index (χ4n) is 3.43. The zero-order valence-electron chi connectivity index (χ0n) is 14.5. The molecule has 2 aliphatic rings. The van der Waals surface area contributed by atoms with Gasteiger partial charge in [-0.2, -0.15) is 11.8 Å². The summed E-state index contributed by atoms with van der Waals surface area (Å²) in [7, 11) is 0. The van der Waals surface area contributed by atoms with Gasteiger partial charge in [-0.05, 0) is 17.5 Å². The summed E-state index contributed by atoms with van der Waals surface area (Å²) < 4.78 is 0. The van der Waals surface area contributed by atoms with Crippen molar-refractivity contribution in [2.75, 3.05) is 24.6 Å². The summed E-state index contributed by atoms with van der Waals surface area (Å²) >= 11 is 1.89. The number of hydrogen-bond acceptors (Lipinski definition) is 3. The minimum atomic E-state index is -0.343. The zero-order valence-corrected chi connectivity index (χ0v) is 15.3. The van der Waals surface area contributed by atoms with E-state index in [9.17, 15) is 9.59 Å². The third kappa shape index (κ3) is 3.46. The van der Waals surface area contributed by atoms with Gasteiger partial charge in [0.05, 0.1) is 0 Å². The van der Waals surface area contributed by atoms with Gasteiger partial charge in [0.25, 0.3) is 0 Å². The van der Waals surface area contributed by atoms with Gasteiger partial charge in [-0.25, -0.2) is 0 Å². The smallest absolute Gasteiger partial charge is 0.245 e. The van der Waals surface area contributed by atoms with E-state index in [4.69, 9.17) is 0 Å². The molecular formula is C19H26N2O2S. The second kappa shape index (κ2) is 7.60. The van der Waals surface area contributed by atoms with Crippen molar-refractivity contribution in [2.45, 2.75) is 39.3 Å². The van der Waals surface area contributed by atoms with Crippen LogP contribution in [0.2, 0.25) is 0 Å². The summed E-state index contributed by atoms with van der Waals surface area (Å²) in [5, 5.41) is 0. The zero-order chi connectivity index (χ0) is 17.1. The lowest BCUT2D eigenvalue weighted by Gasteiger charge is -2.40. The van der Waals surface area contributed by atoms with Crippen LogP contribution in [0.4, 0.5) is 0 Å². The molecule has 24 heavy (non-hydrogen) atoms. The average Bonchev–Trinajstić information content (AvgIpc) is 2.65. The molecule has 0 radical (unpaired) electrons. The predicted molar refractivity (Wildman–Crippen MR) is 97.8 cm³/mol. The molecule has 0 unspecified atom stereocenters. The van der Waals surface area contributed by atoms with Gasteiger partial charge in [0.15, 0.2) is 0 Å². The number of fused-ring (bicyclic) bond motifs is 1. The summed E-state index contributed by atoms with van der Waals surface area (Å²) in [4.78, 5) is 29.8. The van der Waals surface area contributed by atoms with E-state index in [0.29, 0.717) is 13.0 Å². The van der Waals surface area contributed by atoms with Gasteiger partial charge in [0.1, 0.15) is 6.04 Å². The number of carbonyl (C=O) groups excluding carboxylic acids is 2. The van der Waals surface area contributed by atoms with E-state index in [-0.39, 0.29) is 23.8 Å². The lowest BCUT2D eigenvalue weighted by Crippen LogP contribution is -2.55. The van der Waals surface area contributed by atoms with Crippen LogP contribution in [-0.4, -0.2) is 52.3 Å². The highest BCUT2D eigenvalue weighted by Crippen LogP contribution is 2.27. The van der Waals surface area contributed by atoms with E-state index in [2.05, 4.69) is 12.1 Å². The molecule has 0 bridgehead atoms. The van der Waals surface area contributed by atoms with E-state index in [1.807, 2.05) is 47.5 Å². The lowest BCUT2D eigenvalue weighted by molar-refractivity contribution is -0.149. The Hall–Kier alpha value is -1.49. The Balaban J connectivity index is 1.87. The van der Waals surface area contributed by atoms with Gasteiger partial charge in [-0.15, -0.1) is 0 Å². The minimum Gasteiger partial charge on any atom is -0.339 e. The Morgan fingerprint density at radius 3 is 2.54 bits per heavy atom. The highest BCUT2D eigenvalue weighted by Gasteiger charge is 2.38. The molecule has 0 aliphatic carbocycles. The van der Waals surface area contributed by atoms with Crippen LogP contribution in [0.1, 0.15) is 31.4 Å². The van der Waals surface area contributed by atoms with E-state index in [0.717, 1.165) is 31.0 Å². The predicted octanol–water partition coefficient (Wildman–Crippen LogP) is 2.56. The fraction of sp³-hybridized carbons (Fsp3) is 0.579. The molecule has 5 heteroatoms. The molecule has 0 spiro atoms. The highest BCUT2D eigenvalue weighted by atomic mass is 32.2. The first-order valence-corrected chi connectivity index (χ1v) is 10.0. The summed E-state index contributed by atoms with van der Waals surface area (Å²) in [6.45, 7) is 6.14. The van der Waals surface area contributed by atoms with Crippen molar-refractivity contribution < 1.29 is 9.59 Å². The van der Waals surface area contributed by atoms with Gasteiger partial charge in [0.2, 0.25) is 11.8 Å². The highest BCUT2D eigenvalue weighted by molar-refractivity contribution is 7.99. The van der Waals surface area contributed by atoms with Crippen LogP contribution in [0.15, 0.2) is 24.3 Å². The molecule has 2 amide bonds. The molecule has 1 aromatic rings. The van der Waals surface area contributed by atoms with Crippen LogP contribution in [0.25, 0.3) is 0 Å². The van der Waals surface area contributed by atoms with Gasteiger partial charge in [0, 0.05) is 43.5 Å². The quantitative estimate of drug-likeness (QED) is 0.845. The van der Waals surface area contributed by atoms with Crippen molar-refractivity contribution in [3.8, 4) is 0 Å². The molecule has 1 fully saturated rings. The molecule has 130 valence electrons. The van der Waals surface area contributed by atoms with Crippen molar-refractivity contribution in [1.82, 2.24) is 9.80 Å². The second-order valence-corrected chi connectivity index (χ2v) is 7.93. The molecule has 0 N–H and O–H groups in total. The third-order valence-corrected chi connectivity index (χ3v) is 6.12. The topological polar surface area (TPSA) is 40.6 Å². The lowest BCUT2D eigenvalue weighted by atomic mass is 9.91. The maximum Gasteiger partial charge on any atom is 0.245 e. The fourth-order valence-corrected chi connectivity index (χ4v) is 4.33. The van der Waals surface area contributed by atoms with E-state index in [1.54, 1.807) is 0 Å². The summed E-state index contributed by atoms with van der Waals surface area (Å²) in [6.07, 6.45) is 1.44. The Bertz CT molecular complexity index is 613. The largest absolute Gasteiger partial charge is 0.339 e. The molecule has 1 aromatic carbocycles. The molecule has 3 rings (SSSR count). The number of amides is 2. The molecular weight excluding hydrogens is 320 g/mol. The number of nitrogens with zero attached hydrogens (tertiary/aromatic N) is 2. The standard InChI is InChI=1S/C19H26N2O2S/c1-3-14(2)18(22)21-13-16-7-5-4-6-15(16)12-17(21)19(23)20-8-10-24-11-9-20/h4-7,14,17H,3,8-13H2,1-2H3/t14-,17+/m1/s1. The SMILES string of the molecule is CC[C@@H](C)C(=O)N1Cc2ccccc2C[C@H]1C(=O)N1CCSCC1. The number of hydrogen-bond donors (Lipinski definition) is 0. The van der Waals surface area contributed by atoms with Gasteiger partial charge in [-0.1, -0.05) is 38.1 Å². The minimum absolute atomic E-state index is 0.0394. The molecule has 0 aromatic heterocycles. The summed E-state index contributed by atoms with van der Waals surface area (Å²) in [5.74, 6) is 2.18. The van der Waals surface area contributed by atoms with Crippen LogP contribution < -0.4 is 0 Å². The first-order chi connectivity index (χ1) is 11.6. The van der Waals surface area contributed by atoms with Gasteiger partial charge in [-0.3, -0.25) is 9.59 Å². The monoisotopic (exact) mass is 346 g/mol. The Kier molecular flexibility index (Phi) is 5.49. The van der Waals surface area contributed by atoms with Crippen molar-refractivity contribution in [3.05, 3.63) is 35.4 Å². The summed E-state index contributed by atoms with van der Waals surface area (Å²) in [5.41, 5.74) is 2.38. The van der Waals surface area contributed by atoms with Gasteiger partial charge < -0.3 is 9.80 Å². The molecule has 2 aliphatic heterocycles. The normalized spacial score (nSPS) is 22.0. The number of carbonyl (C=O) groups is 2. The number of thioether (sulfide) groups is 1. The first-order valence-electron chi connectivity index (χ1n) is 8.85. The number of benzene rings is 1. The van der Waals surface area contributed by atoms with Gasteiger partial charge >= 0.3 is 0 Å². The molecule has 2 atom stereocenters. The van der Waals surface area contributed by atoms with Crippen LogP contribution >= 0.6 is 11.8 Å². The van der Waals surface area contributed by atoms with Crippen molar-refractivity contribution >= 4 is 23.6 Å². The maximum atomic E-state index is 13.1. The average molecular weight is 346 g/mol. The number of rotatable bonds is 3. The van der Waals surface area contributed by atoms with Crippen LogP contribution in [-0.2, 0) is 22.6 Å². The molecule has 2 heterocycles. The van der Waals surface area contributed by atoms with Crippen molar-refractivity contribution in [1.29, 1.82) is 0 Å².